The first kappa shape index (κ1) is 16.2. The summed E-state index contributed by atoms with van der Waals surface area (Å²) in [6, 6.07) is 15.6. The highest BCUT2D eigenvalue weighted by molar-refractivity contribution is 5.93. The molecule has 0 atom stereocenters. The third-order valence-corrected chi connectivity index (χ3v) is 4.66. The Morgan fingerprint density at radius 2 is 2.00 bits per heavy atom. The van der Waals surface area contributed by atoms with Crippen LogP contribution in [0.5, 0.6) is 0 Å². The molecule has 5 rings (SSSR count). The highest BCUT2D eigenvalue weighted by atomic mass is 16.1. The molecule has 5 aromatic rings. The number of nitrogens with one attached hydrogen (secondary N) is 2. The predicted molar refractivity (Wildman–Crippen MR) is 109 cm³/mol. The van der Waals surface area contributed by atoms with Crippen LogP contribution in [0.2, 0.25) is 0 Å². The number of carbonyl (C=O) groups is 1. The summed E-state index contributed by atoms with van der Waals surface area (Å²) >= 11 is 0. The molecule has 3 heterocycles. The number of anilines is 2. The van der Waals surface area contributed by atoms with Crippen LogP contribution in [0.25, 0.3) is 33.2 Å². The highest BCUT2D eigenvalue weighted by Gasteiger charge is 2.09. The molecule has 7 nitrogen and oxygen atoms in total. The summed E-state index contributed by atoms with van der Waals surface area (Å²) in [6.45, 7) is 1.55. The summed E-state index contributed by atoms with van der Waals surface area (Å²) in [4.78, 5) is 20.8. The number of rotatable bonds is 3. The van der Waals surface area contributed by atoms with E-state index in [0.29, 0.717) is 11.6 Å². The van der Waals surface area contributed by atoms with E-state index in [0.717, 1.165) is 33.1 Å². The minimum absolute atomic E-state index is 0.0295. The molecule has 0 aliphatic rings. The van der Waals surface area contributed by atoms with Gasteiger partial charge in [0, 0.05) is 41.3 Å². The van der Waals surface area contributed by atoms with Crippen molar-refractivity contribution in [3.63, 3.8) is 0 Å². The second-order valence-corrected chi connectivity index (χ2v) is 6.54. The fraction of sp³-hybridized carbons (Fsp3) is 0.0476. The van der Waals surface area contributed by atoms with Crippen molar-refractivity contribution in [3.8, 4) is 11.4 Å². The zero-order valence-electron chi connectivity index (χ0n) is 15.0. The van der Waals surface area contributed by atoms with E-state index in [-0.39, 0.29) is 5.91 Å². The van der Waals surface area contributed by atoms with E-state index in [1.165, 1.54) is 0 Å². The van der Waals surface area contributed by atoms with Gasteiger partial charge in [0.2, 0.25) is 5.91 Å². The minimum Gasteiger partial charge on any atom is -0.340 e. The van der Waals surface area contributed by atoms with Gasteiger partial charge in [-0.05, 0) is 36.4 Å². The number of hydrogen-bond acceptors (Lipinski definition) is 5. The van der Waals surface area contributed by atoms with Gasteiger partial charge >= 0.3 is 0 Å². The molecule has 0 aliphatic heterocycles. The van der Waals surface area contributed by atoms with Crippen molar-refractivity contribution < 1.29 is 4.79 Å². The van der Waals surface area contributed by atoms with E-state index >= 15 is 0 Å². The lowest BCUT2D eigenvalue weighted by molar-refractivity contribution is 0.0941. The Morgan fingerprint density at radius 3 is 2.89 bits per heavy atom. The van der Waals surface area contributed by atoms with E-state index in [2.05, 4.69) is 25.5 Å². The van der Waals surface area contributed by atoms with E-state index in [1.54, 1.807) is 30.1 Å². The van der Waals surface area contributed by atoms with Crippen molar-refractivity contribution in [2.24, 2.45) is 0 Å². The van der Waals surface area contributed by atoms with Gasteiger partial charge in [-0.2, -0.15) is 5.10 Å². The number of nitrogens with zero attached hydrogens (tertiary/aromatic N) is 4. The predicted octanol–water partition coefficient (Wildman–Crippen LogP) is 4.38. The Labute approximate surface area is 160 Å². The van der Waals surface area contributed by atoms with Crippen LogP contribution in [0.4, 0.5) is 11.5 Å². The van der Waals surface area contributed by atoms with Crippen LogP contribution in [-0.2, 0) is 0 Å². The summed E-state index contributed by atoms with van der Waals surface area (Å²) in [5, 5.41) is 12.3. The van der Waals surface area contributed by atoms with Crippen LogP contribution >= 0.6 is 0 Å². The van der Waals surface area contributed by atoms with Crippen LogP contribution in [-0.4, -0.2) is 30.6 Å². The molecule has 0 amide bonds. The Bertz CT molecular complexity index is 1330. The van der Waals surface area contributed by atoms with Gasteiger partial charge in [-0.1, -0.05) is 12.1 Å². The molecular formula is C21H16N6O. The third-order valence-electron chi connectivity index (χ3n) is 4.66. The number of hydrogen-bond donors (Lipinski definition) is 2. The van der Waals surface area contributed by atoms with Crippen molar-refractivity contribution >= 4 is 39.2 Å². The van der Waals surface area contributed by atoms with Gasteiger partial charge in [0.25, 0.3) is 0 Å². The number of benzene rings is 2. The lowest BCUT2D eigenvalue weighted by atomic mass is 10.1. The van der Waals surface area contributed by atoms with Crippen LogP contribution < -0.4 is 5.32 Å². The van der Waals surface area contributed by atoms with Crippen molar-refractivity contribution in [2.45, 2.75) is 6.92 Å². The summed E-state index contributed by atoms with van der Waals surface area (Å²) in [7, 11) is 0. The van der Waals surface area contributed by atoms with Crippen LogP contribution in [0, 0.1) is 0 Å². The lowest BCUT2D eigenvalue weighted by Gasteiger charge is -2.08. The molecule has 0 saturated heterocycles. The normalized spacial score (nSPS) is 11.2. The van der Waals surface area contributed by atoms with Crippen LogP contribution in [0.15, 0.2) is 67.1 Å². The number of H-pyrrole nitrogens is 1. The fourth-order valence-electron chi connectivity index (χ4n) is 3.28. The van der Waals surface area contributed by atoms with Crippen molar-refractivity contribution in [2.75, 3.05) is 5.32 Å². The molecule has 2 N–H and O–H groups in total. The summed E-state index contributed by atoms with van der Waals surface area (Å²) in [5.74, 6) is 1.25. The average Bonchev–Trinajstić information content (AvgIpc) is 3.34. The minimum atomic E-state index is -0.0295. The maximum absolute atomic E-state index is 11.8. The molecule has 0 saturated carbocycles. The standard InChI is InChI=1S/C21H16N6O/c1-13(28)27-9-7-14-2-3-15(11-19(14)27)21-22-8-6-20(25-21)24-17-4-5-18-16(10-17)12-23-26-18/h2-12H,1H3,(H,23,26)(H,22,24,25). The summed E-state index contributed by atoms with van der Waals surface area (Å²) in [6.07, 6.45) is 5.28. The van der Waals surface area contributed by atoms with Crippen molar-refractivity contribution in [1.29, 1.82) is 0 Å². The van der Waals surface area contributed by atoms with Gasteiger partial charge < -0.3 is 5.32 Å². The summed E-state index contributed by atoms with van der Waals surface area (Å²) < 4.78 is 1.63. The lowest BCUT2D eigenvalue weighted by Crippen LogP contribution is -2.03. The van der Waals surface area contributed by atoms with E-state index < -0.39 is 0 Å². The molecule has 28 heavy (non-hydrogen) atoms. The Balaban J connectivity index is 1.50. The topological polar surface area (TPSA) is 88.5 Å². The maximum Gasteiger partial charge on any atom is 0.227 e. The Morgan fingerprint density at radius 1 is 1.07 bits per heavy atom. The number of aromatic amines is 1. The fourth-order valence-corrected chi connectivity index (χ4v) is 3.28. The molecule has 3 aromatic heterocycles. The van der Waals surface area contributed by atoms with Gasteiger partial charge in [0.15, 0.2) is 5.82 Å². The van der Waals surface area contributed by atoms with Crippen molar-refractivity contribution in [1.82, 2.24) is 24.7 Å². The maximum atomic E-state index is 11.8. The zero-order chi connectivity index (χ0) is 19.1. The molecule has 0 radical (unpaired) electrons. The molecule has 0 aliphatic carbocycles. The Kier molecular flexibility index (Phi) is 3.65. The molecule has 0 bridgehead atoms. The first-order chi connectivity index (χ1) is 13.7. The second kappa shape index (κ2) is 6.31. The smallest absolute Gasteiger partial charge is 0.227 e. The van der Waals surface area contributed by atoms with Gasteiger partial charge in [0.1, 0.15) is 5.82 Å². The van der Waals surface area contributed by atoms with Gasteiger partial charge in [-0.15, -0.1) is 0 Å². The van der Waals surface area contributed by atoms with Gasteiger partial charge in [-0.3, -0.25) is 14.5 Å². The first-order valence-corrected chi connectivity index (χ1v) is 8.83. The molecular weight excluding hydrogens is 352 g/mol. The number of fused-ring (bicyclic) bond motifs is 2. The molecule has 0 spiro atoms. The Hall–Kier alpha value is -4.00. The highest BCUT2D eigenvalue weighted by Crippen LogP contribution is 2.25. The molecule has 2 aromatic carbocycles. The van der Waals surface area contributed by atoms with Crippen LogP contribution in [0.3, 0.4) is 0 Å². The monoisotopic (exact) mass is 368 g/mol. The third kappa shape index (κ3) is 2.79. The van der Waals surface area contributed by atoms with Crippen molar-refractivity contribution in [3.05, 3.63) is 67.1 Å². The average molecular weight is 368 g/mol. The number of carbonyl (C=O) groups excluding carboxylic acids is 1. The number of aromatic nitrogens is 5. The largest absolute Gasteiger partial charge is 0.340 e. The quantitative estimate of drug-likeness (QED) is 0.493. The van der Waals surface area contributed by atoms with E-state index in [4.69, 9.17) is 0 Å². The van der Waals surface area contributed by atoms with Gasteiger partial charge in [-0.25, -0.2) is 9.97 Å². The molecule has 136 valence electrons. The van der Waals surface area contributed by atoms with E-state index in [1.807, 2.05) is 48.5 Å². The molecule has 7 heteroatoms. The second-order valence-electron chi connectivity index (χ2n) is 6.54. The SMILES string of the molecule is CC(=O)n1ccc2ccc(-c3nccc(Nc4ccc5[nH]ncc5c4)n3)cc21. The van der Waals surface area contributed by atoms with Crippen LogP contribution in [0.1, 0.15) is 11.7 Å². The zero-order valence-corrected chi connectivity index (χ0v) is 15.0. The molecule has 0 fully saturated rings. The van der Waals surface area contributed by atoms with Gasteiger partial charge in [0.05, 0.1) is 17.2 Å². The molecule has 0 unspecified atom stereocenters. The summed E-state index contributed by atoms with van der Waals surface area (Å²) in [5.41, 5.74) is 3.59. The van der Waals surface area contributed by atoms with E-state index in [9.17, 15) is 4.79 Å². The first-order valence-electron chi connectivity index (χ1n) is 8.83.